The van der Waals surface area contributed by atoms with Gasteiger partial charge in [0, 0.05) is 16.7 Å². The number of rotatable bonds is 7. The van der Waals surface area contributed by atoms with Crippen molar-refractivity contribution in [1.29, 1.82) is 0 Å². The Kier molecular flexibility index (Phi) is 8.57. The Morgan fingerprint density at radius 2 is 1.85 bits per heavy atom. The van der Waals surface area contributed by atoms with Crippen molar-refractivity contribution in [2.45, 2.75) is 62.5 Å². The Labute approximate surface area is 162 Å². The minimum Gasteiger partial charge on any atom is -0.453 e. The summed E-state index contributed by atoms with van der Waals surface area (Å²) >= 11 is 1.39. The van der Waals surface area contributed by atoms with E-state index in [0.717, 1.165) is 30.6 Å². The number of amides is 3. The highest BCUT2D eigenvalue weighted by Crippen LogP contribution is 2.19. The molecular weight excluding hydrogens is 371 g/mol. The Morgan fingerprint density at radius 3 is 2.52 bits per heavy atom. The van der Waals surface area contributed by atoms with Gasteiger partial charge < -0.3 is 10.1 Å². The lowest BCUT2D eigenvalue weighted by Gasteiger charge is -2.23. The Hall–Kier alpha value is -2.09. The van der Waals surface area contributed by atoms with Gasteiger partial charge in [-0.3, -0.25) is 14.9 Å². The summed E-state index contributed by atoms with van der Waals surface area (Å²) in [5, 5.41) is 4.99. The molecule has 1 aliphatic carbocycles. The summed E-state index contributed by atoms with van der Waals surface area (Å²) in [5.74, 6) is -1.05. The molecule has 148 valence electrons. The molecule has 0 heterocycles. The summed E-state index contributed by atoms with van der Waals surface area (Å²) in [4.78, 5) is 36.5. The molecule has 1 atom stereocenters. The molecule has 2 rings (SSSR count). The molecule has 0 aliphatic heterocycles. The summed E-state index contributed by atoms with van der Waals surface area (Å²) in [6.45, 7) is 1.42. The fourth-order valence-electron chi connectivity index (χ4n) is 2.77. The van der Waals surface area contributed by atoms with E-state index in [1.54, 1.807) is 12.1 Å². The number of nitrogens with one attached hydrogen (secondary N) is 2. The van der Waals surface area contributed by atoms with Crippen molar-refractivity contribution in [2.75, 3.05) is 5.75 Å². The lowest BCUT2D eigenvalue weighted by Crippen LogP contribution is -2.48. The number of carbonyl (C=O) groups excluding carboxylic acids is 3. The molecule has 1 aromatic rings. The Morgan fingerprint density at radius 1 is 1.19 bits per heavy atom. The van der Waals surface area contributed by atoms with Gasteiger partial charge >= 0.3 is 12.0 Å². The van der Waals surface area contributed by atoms with Crippen LogP contribution in [0, 0.1) is 5.82 Å². The van der Waals surface area contributed by atoms with Crippen LogP contribution in [0.4, 0.5) is 9.18 Å². The molecule has 3 amide bonds. The topological polar surface area (TPSA) is 84.5 Å². The lowest BCUT2D eigenvalue weighted by molar-refractivity contribution is -0.154. The van der Waals surface area contributed by atoms with Gasteiger partial charge in [-0.1, -0.05) is 19.3 Å². The summed E-state index contributed by atoms with van der Waals surface area (Å²) < 4.78 is 17.9. The first kappa shape index (κ1) is 21.2. The van der Waals surface area contributed by atoms with Crippen LogP contribution in [-0.4, -0.2) is 35.8 Å². The highest BCUT2D eigenvalue weighted by Gasteiger charge is 2.22. The number of thioether (sulfide) groups is 1. The molecular formula is C19H25FN2O4S. The summed E-state index contributed by atoms with van der Waals surface area (Å²) in [6, 6.07) is 5.50. The second-order valence-electron chi connectivity index (χ2n) is 6.48. The number of ether oxygens (including phenoxy) is 1. The van der Waals surface area contributed by atoms with E-state index in [1.807, 2.05) is 0 Å². The maximum atomic E-state index is 12.8. The van der Waals surface area contributed by atoms with Crippen LogP contribution in [0.5, 0.6) is 0 Å². The third kappa shape index (κ3) is 7.99. The number of carbonyl (C=O) groups is 3. The van der Waals surface area contributed by atoms with Crippen molar-refractivity contribution >= 4 is 29.7 Å². The largest absolute Gasteiger partial charge is 0.453 e. The first-order valence-electron chi connectivity index (χ1n) is 9.13. The highest BCUT2D eigenvalue weighted by atomic mass is 32.2. The fourth-order valence-corrected chi connectivity index (χ4v) is 3.61. The summed E-state index contributed by atoms with van der Waals surface area (Å²) in [7, 11) is 0. The normalized spacial score (nSPS) is 15.6. The van der Waals surface area contributed by atoms with Crippen LogP contribution in [0.25, 0.3) is 0 Å². The van der Waals surface area contributed by atoms with Gasteiger partial charge in [-0.2, -0.15) is 0 Å². The third-order valence-corrected chi connectivity index (χ3v) is 5.26. The zero-order valence-electron chi connectivity index (χ0n) is 15.3. The molecule has 0 saturated heterocycles. The quantitative estimate of drug-likeness (QED) is 0.545. The Bertz CT molecular complexity index is 648. The van der Waals surface area contributed by atoms with Crippen LogP contribution < -0.4 is 10.6 Å². The van der Waals surface area contributed by atoms with E-state index in [4.69, 9.17) is 4.74 Å². The van der Waals surface area contributed by atoms with Crippen LogP contribution in [0.15, 0.2) is 29.2 Å². The second kappa shape index (κ2) is 10.9. The number of hydrogen-bond donors (Lipinski definition) is 2. The van der Waals surface area contributed by atoms with Gasteiger partial charge in [-0.25, -0.2) is 9.18 Å². The zero-order chi connectivity index (χ0) is 19.6. The SMILES string of the molecule is C[C@H](OC(=O)CCSc1ccc(F)cc1)C(=O)NC(=O)NC1CCCCC1. The second-order valence-corrected chi connectivity index (χ2v) is 7.65. The summed E-state index contributed by atoms with van der Waals surface area (Å²) in [6.07, 6.45) is 4.20. The van der Waals surface area contributed by atoms with Crippen molar-refractivity contribution in [2.24, 2.45) is 0 Å². The standard InChI is InChI=1S/C19H25FN2O4S/c1-13(18(24)22-19(25)21-15-5-3-2-4-6-15)26-17(23)11-12-27-16-9-7-14(20)8-10-16/h7-10,13,15H,2-6,11-12H2,1H3,(H2,21,22,24,25)/t13-/m0/s1. The molecule has 0 unspecified atom stereocenters. The van der Waals surface area contributed by atoms with Gasteiger partial charge in [0.2, 0.25) is 0 Å². The smallest absolute Gasteiger partial charge is 0.321 e. The molecule has 6 nitrogen and oxygen atoms in total. The van der Waals surface area contributed by atoms with E-state index in [-0.39, 0.29) is 18.3 Å². The average Bonchev–Trinajstić information content (AvgIpc) is 2.64. The van der Waals surface area contributed by atoms with Crippen molar-refractivity contribution in [3.8, 4) is 0 Å². The first-order chi connectivity index (χ1) is 12.9. The van der Waals surface area contributed by atoms with Crippen LogP contribution in [-0.2, 0) is 14.3 Å². The predicted octanol–water partition coefficient (Wildman–Crippen LogP) is 3.40. The average molecular weight is 396 g/mol. The number of benzene rings is 1. The Balaban J connectivity index is 1.64. The zero-order valence-corrected chi connectivity index (χ0v) is 16.1. The monoisotopic (exact) mass is 396 g/mol. The van der Waals surface area contributed by atoms with Crippen molar-refractivity contribution in [1.82, 2.24) is 10.6 Å². The van der Waals surface area contributed by atoms with Crippen molar-refractivity contribution < 1.29 is 23.5 Å². The molecule has 0 radical (unpaired) electrons. The molecule has 1 saturated carbocycles. The maximum Gasteiger partial charge on any atom is 0.321 e. The van der Waals surface area contributed by atoms with E-state index in [0.29, 0.717) is 5.75 Å². The number of hydrogen-bond acceptors (Lipinski definition) is 5. The van der Waals surface area contributed by atoms with Crippen molar-refractivity contribution in [3.63, 3.8) is 0 Å². The van der Waals surface area contributed by atoms with Crippen LogP contribution in [0.3, 0.4) is 0 Å². The predicted molar refractivity (Wildman–Crippen MR) is 101 cm³/mol. The number of urea groups is 1. The van der Waals surface area contributed by atoms with Gasteiger partial charge in [-0.05, 0) is 44.0 Å². The van der Waals surface area contributed by atoms with Crippen LogP contribution in [0.1, 0.15) is 45.4 Å². The van der Waals surface area contributed by atoms with Gasteiger partial charge in [0.1, 0.15) is 5.82 Å². The number of imide groups is 1. The molecule has 27 heavy (non-hydrogen) atoms. The lowest BCUT2D eigenvalue weighted by atomic mass is 9.96. The van der Waals surface area contributed by atoms with E-state index in [9.17, 15) is 18.8 Å². The fraction of sp³-hybridized carbons (Fsp3) is 0.526. The van der Waals surface area contributed by atoms with E-state index in [2.05, 4.69) is 10.6 Å². The van der Waals surface area contributed by atoms with E-state index < -0.39 is 24.0 Å². The molecule has 0 aromatic heterocycles. The minimum absolute atomic E-state index is 0.0906. The van der Waals surface area contributed by atoms with Gasteiger partial charge in [0.05, 0.1) is 6.42 Å². The third-order valence-electron chi connectivity index (χ3n) is 4.24. The molecule has 0 spiro atoms. The number of halogens is 1. The number of esters is 1. The molecule has 1 fully saturated rings. The molecule has 2 N–H and O–H groups in total. The van der Waals surface area contributed by atoms with Crippen molar-refractivity contribution in [3.05, 3.63) is 30.1 Å². The highest BCUT2D eigenvalue weighted by molar-refractivity contribution is 7.99. The summed E-state index contributed by atoms with van der Waals surface area (Å²) in [5.41, 5.74) is 0. The van der Waals surface area contributed by atoms with E-state index >= 15 is 0 Å². The van der Waals surface area contributed by atoms with Gasteiger partial charge in [0.25, 0.3) is 5.91 Å². The first-order valence-corrected chi connectivity index (χ1v) is 10.1. The molecule has 1 aliphatic rings. The molecule has 1 aromatic carbocycles. The minimum atomic E-state index is -1.05. The maximum absolute atomic E-state index is 12.8. The van der Waals surface area contributed by atoms with Crippen LogP contribution >= 0.6 is 11.8 Å². The van der Waals surface area contributed by atoms with Gasteiger partial charge in [-0.15, -0.1) is 11.8 Å². The van der Waals surface area contributed by atoms with Crippen LogP contribution in [0.2, 0.25) is 0 Å². The van der Waals surface area contributed by atoms with E-state index in [1.165, 1.54) is 37.2 Å². The molecule has 0 bridgehead atoms. The molecule has 8 heteroatoms. The van der Waals surface area contributed by atoms with Gasteiger partial charge in [0.15, 0.2) is 6.10 Å².